The average molecular weight is 643 g/mol. The lowest BCUT2D eigenvalue weighted by atomic mass is 9.95. The van der Waals surface area contributed by atoms with Gasteiger partial charge in [0.05, 0.1) is 0 Å². The zero-order valence-corrected chi connectivity index (χ0v) is 26.6. The van der Waals surface area contributed by atoms with Crippen LogP contribution in [0.5, 0.6) is 0 Å². The van der Waals surface area contributed by atoms with Crippen LogP contribution in [0, 0.1) is 0 Å². The standard InChI is InChI=1S/C44H26N4O2/c1-4-13-27(14-5-1)33-23-30-19-10-11-20-31(30)24-34(33)43-47-41(28-15-6-2-7-16-28)46-42(48-43)32-21-12-22-37-40(32)35-25-36-39(26-38(35)49-37)50-44(45-36)29-17-8-3-9-18-29/h1-26H. The van der Waals surface area contributed by atoms with Gasteiger partial charge in [-0.15, -0.1) is 0 Å². The van der Waals surface area contributed by atoms with Gasteiger partial charge < -0.3 is 8.83 Å². The van der Waals surface area contributed by atoms with E-state index in [1.54, 1.807) is 0 Å². The second-order valence-electron chi connectivity index (χ2n) is 12.3. The van der Waals surface area contributed by atoms with Crippen molar-refractivity contribution in [2.24, 2.45) is 0 Å². The van der Waals surface area contributed by atoms with Gasteiger partial charge in [0.2, 0.25) is 5.89 Å². The van der Waals surface area contributed by atoms with Gasteiger partial charge in [0, 0.05) is 39.1 Å². The predicted molar refractivity (Wildman–Crippen MR) is 199 cm³/mol. The summed E-state index contributed by atoms with van der Waals surface area (Å²) in [5.41, 5.74) is 8.58. The minimum absolute atomic E-state index is 0.555. The Hall–Kier alpha value is -6.92. The predicted octanol–water partition coefficient (Wildman–Crippen LogP) is 11.4. The van der Waals surface area contributed by atoms with Crippen LogP contribution in [-0.4, -0.2) is 19.9 Å². The summed E-state index contributed by atoms with van der Waals surface area (Å²) in [6.45, 7) is 0. The first-order valence-corrected chi connectivity index (χ1v) is 16.5. The molecule has 10 rings (SSSR count). The number of benzene rings is 7. The van der Waals surface area contributed by atoms with Crippen molar-refractivity contribution in [3.63, 3.8) is 0 Å². The number of rotatable bonds is 5. The average Bonchev–Trinajstić information content (AvgIpc) is 3.78. The Morgan fingerprint density at radius 1 is 0.360 bits per heavy atom. The Labute approximate surface area is 286 Å². The minimum atomic E-state index is 0.555. The number of aromatic nitrogens is 4. The smallest absolute Gasteiger partial charge is 0.227 e. The molecule has 0 atom stereocenters. The van der Waals surface area contributed by atoms with Crippen LogP contribution in [0.2, 0.25) is 0 Å². The molecule has 0 aliphatic rings. The third kappa shape index (κ3) is 4.73. The van der Waals surface area contributed by atoms with E-state index in [1.807, 2.05) is 97.1 Å². The topological polar surface area (TPSA) is 77.8 Å². The molecule has 0 bridgehead atoms. The molecule has 0 unspecified atom stereocenters. The molecule has 7 aromatic carbocycles. The molecule has 0 spiro atoms. The summed E-state index contributed by atoms with van der Waals surface area (Å²) in [4.78, 5) is 20.3. The van der Waals surface area contributed by atoms with Crippen LogP contribution in [0.25, 0.3) is 101 Å². The van der Waals surface area contributed by atoms with E-state index in [0.29, 0.717) is 34.5 Å². The van der Waals surface area contributed by atoms with E-state index in [9.17, 15) is 0 Å². The van der Waals surface area contributed by atoms with Gasteiger partial charge in [-0.2, -0.15) is 0 Å². The molecule has 234 valence electrons. The maximum Gasteiger partial charge on any atom is 0.227 e. The van der Waals surface area contributed by atoms with E-state index in [2.05, 4.69) is 60.7 Å². The molecule has 6 heteroatoms. The van der Waals surface area contributed by atoms with E-state index in [1.165, 1.54) is 0 Å². The molecule has 10 aromatic rings. The van der Waals surface area contributed by atoms with Gasteiger partial charge in [-0.05, 0) is 58.3 Å². The highest BCUT2D eigenvalue weighted by Crippen LogP contribution is 2.40. The molecule has 0 radical (unpaired) electrons. The van der Waals surface area contributed by atoms with Crippen LogP contribution in [0.1, 0.15) is 0 Å². The Bertz CT molecular complexity index is 2860. The highest BCUT2D eigenvalue weighted by Gasteiger charge is 2.21. The third-order valence-corrected chi connectivity index (χ3v) is 9.15. The molecule has 0 saturated carbocycles. The molecule has 0 N–H and O–H groups in total. The highest BCUT2D eigenvalue weighted by molar-refractivity contribution is 6.14. The Morgan fingerprint density at radius 3 is 1.68 bits per heavy atom. The lowest BCUT2D eigenvalue weighted by Gasteiger charge is -2.14. The van der Waals surface area contributed by atoms with Crippen molar-refractivity contribution in [1.29, 1.82) is 0 Å². The first-order chi connectivity index (χ1) is 24.7. The normalized spacial score (nSPS) is 11.6. The van der Waals surface area contributed by atoms with E-state index in [-0.39, 0.29) is 0 Å². The molecular weight excluding hydrogens is 617 g/mol. The third-order valence-electron chi connectivity index (χ3n) is 9.15. The Kier molecular flexibility index (Phi) is 6.39. The number of hydrogen-bond donors (Lipinski definition) is 0. The number of oxazole rings is 1. The van der Waals surface area contributed by atoms with Gasteiger partial charge in [-0.3, -0.25) is 0 Å². The van der Waals surface area contributed by atoms with Gasteiger partial charge >= 0.3 is 0 Å². The summed E-state index contributed by atoms with van der Waals surface area (Å²) < 4.78 is 12.6. The molecule has 3 aromatic heterocycles. The van der Waals surface area contributed by atoms with E-state index < -0.39 is 0 Å². The van der Waals surface area contributed by atoms with Gasteiger partial charge in [0.25, 0.3) is 0 Å². The van der Waals surface area contributed by atoms with Crippen LogP contribution in [0.4, 0.5) is 0 Å². The van der Waals surface area contributed by atoms with Crippen LogP contribution >= 0.6 is 0 Å². The van der Waals surface area contributed by atoms with Gasteiger partial charge in [-0.25, -0.2) is 19.9 Å². The summed E-state index contributed by atoms with van der Waals surface area (Å²) in [5.74, 6) is 2.31. The first kappa shape index (κ1) is 28.1. The fourth-order valence-corrected chi connectivity index (χ4v) is 6.75. The summed E-state index contributed by atoms with van der Waals surface area (Å²) in [7, 11) is 0. The Morgan fingerprint density at radius 2 is 0.960 bits per heavy atom. The second-order valence-corrected chi connectivity index (χ2v) is 12.3. The largest absolute Gasteiger partial charge is 0.456 e. The quantitative estimate of drug-likeness (QED) is 0.186. The molecule has 0 aliphatic carbocycles. The Balaban J connectivity index is 1.22. The van der Waals surface area contributed by atoms with E-state index in [4.69, 9.17) is 28.8 Å². The number of nitrogens with zero attached hydrogens (tertiary/aromatic N) is 4. The zero-order valence-electron chi connectivity index (χ0n) is 26.6. The van der Waals surface area contributed by atoms with Crippen molar-refractivity contribution >= 4 is 43.8 Å². The summed E-state index contributed by atoms with van der Waals surface area (Å²) >= 11 is 0. The molecule has 0 fully saturated rings. The molecule has 3 heterocycles. The molecule has 0 amide bonds. The van der Waals surface area contributed by atoms with E-state index >= 15 is 0 Å². The molecular formula is C44H26N4O2. The highest BCUT2D eigenvalue weighted by atomic mass is 16.4. The van der Waals surface area contributed by atoms with Crippen molar-refractivity contribution in [2.45, 2.75) is 0 Å². The lowest BCUT2D eigenvalue weighted by Crippen LogP contribution is -2.01. The monoisotopic (exact) mass is 642 g/mol. The molecule has 0 saturated heterocycles. The summed E-state index contributed by atoms with van der Waals surface area (Å²) in [6, 6.07) is 53.1. The van der Waals surface area contributed by atoms with Crippen molar-refractivity contribution in [3.05, 3.63) is 158 Å². The van der Waals surface area contributed by atoms with Crippen LogP contribution < -0.4 is 0 Å². The molecule has 0 aliphatic heterocycles. The van der Waals surface area contributed by atoms with Crippen molar-refractivity contribution < 1.29 is 8.83 Å². The number of fused-ring (bicyclic) bond motifs is 5. The van der Waals surface area contributed by atoms with Gasteiger partial charge in [-0.1, -0.05) is 115 Å². The maximum absolute atomic E-state index is 6.43. The number of hydrogen-bond acceptors (Lipinski definition) is 6. The fraction of sp³-hybridized carbons (Fsp3) is 0. The summed E-state index contributed by atoms with van der Waals surface area (Å²) in [5, 5.41) is 4.08. The SMILES string of the molecule is c1ccc(-c2nc(-c3cc4ccccc4cc3-c3ccccc3)nc(-c3cccc4oc5cc6oc(-c7ccccc7)nc6cc5c34)n2)cc1. The fourth-order valence-electron chi connectivity index (χ4n) is 6.75. The van der Waals surface area contributed by atoms with E-state index in [0.717, 1.165) is 66.0 Å². The van der Waals surface area contributed by atoms with Crippen molar-refractivity contribution in [1.82, 2.24) is 19.9 Å². The minimum Gasteiger partial charge on any atom is -0.456 e. The first-order valence-electron chi connectivity index (χ1n) is 16.5. The number of furan rings is 1. The second kappa shape index (κ2) is 11.4. The van der Waals surface area contributed by atoms with Crippen molar-refractivity contribution in [2.75, 3.05) is 0 Å². The molecule has 50 heavy (non-hydrogen) atoms. The van der Waals surface area contributed by atoms with Gasteiger partial charge in [0.1, 0.15) is 16.7 Å². The van der Waals surface area contributed by atoms with Crippen molar-refractivity contribution in [3.8, 4) is 56.7 Å². The zero-order chi connectivity index (χ0) is 33.0. The van der Waals surface area contributed by atoms with Gasteiger partial charge in [0.15, 0.2) is 23.1 Å². The van der Waals surface area contributed by atoms with Crippen LogP contribution in [-0.2, 0) is 0 Å². The van der Waals surface area contributed by atoms with Crippen LogP contribution in [0.15, 0.2) is 167 Å². The summed E-state index contributed by atoms with van der Waals surface area (Å²) in [6.07, 6.45) is 0. The molecule has 6 nitrogen and oxygen atoms in total. The lowest BCUT2D eigenvalue weighted by molar-refractivity contribution is 0.617. The van der Waals surface area contributed by atoms with Crippen LogP contribution in [0.3, 0.4) is 0 Å². The maximum atomic E-state index is 6.43.